The number of carbonyl (C=O) groups excluding carboxylic acids is 1. The minimum Gasteiger partial charge on any atom is -0.381 e. The molecule has 0 saturated heterocycles. The third-order valence-electron chi connectivity index (χ3n) is 2.62. The highest BCUT2D eigenvalue weighted by atomic mass is 16.1. The highest BCUT2D eigenvalue weighted by molar-refractivity contribution is 5.93. The van der Waals surface area contributed by atoms with Gasteiger partial charge in [0.15, 0.2) is 0 Å². The highest BCUT2D eigenvalue weighted by Crippen LogP contribution is 2.07. The van der Waals surface area contributed by atoms with Crippen LogP contribution in [0, 0.1) is 0 Å². The topological polar surface area (TPSA) is 66.9 Å². The molecule has 0 aromatic carbocycles. The number of carbonyl (C=O) groups is 1. The molecule has 0 radical (unpaired) electrons. The third-order valence-corrected chi connectivity index (χ3v) is 2.62. The number of aromatic nitrogens is 2. The van der Waals surface area contributed by atoms with E-state index in [1.165, 1.54) is 0 Å². The molecule has 0 aliphatic rings. The van der Waals surface area contributed by atoms with Gasteiger partial charge < -0.3 is 10.6 Å². The first-order valence-corrected chi connectivity index (χ1v) is 6.27. The van der Waals surface area contributed by atoms with Crippen molar-refractivity contribution in [3.05, 3.63) is 66.8 Å². The molecule has 0 unspecified atom stereocenters. The normalized spacial score (nSPS) is 9.80. The summed E-state index contributed by atoms with van der Waals surface area (Å²) in [7, 11) is 0. The number of amides is 1. The summed E-state index contributed by atoms with van der Waals surface area (Å²) in [5, 5.41) is 5.92. The molecule has 102 valence electrons. The number of rotatable bonds is 6. The zero-order valence-electron chi connectivity index (χ0n) is 11.0. The Morgan fingerprint density at radius 1 is 1.35 bits per heavy atom. The summed E-state index contributed by atoms with van der Waals surface area (Å²) < 4.78 is 0. The molecule has 0 aliphatic carbocycles. The van der Waals surface area contributed by atoms with Crippen LogP contribution >= 0.6 is 0 Å². The van der Waals surface area contributed by atoms with Crippen LogP contribution in [-0.4, -0.2) is 22.4 Å². The lowest BCUT2D eigenvalue weighted by Crippen LogP contribution is -2.23. The number of hydrogen-bond acceptors (Lipinski definition) is 4. The van der Waals surface area contributed by atoms with Crippen LogP contribution in [0.3, 0.4) is 0 Å². The van der Waals surface area contributed by atoms with Crippen molar-refractivity contribution in [1.82, 2.24) is 15.3 Å². The van der Waals surface area contributed by atoms with E-state index in [9.17, 15) is 4.79 Å². The zero-order valence-corrected chi connectivity index (χ0v) is 11.0. The molecule has 1 amide bonds. The Labute approximate surface area is 117 Å². The quantitative estimate of drug-likeness (QED) is 0.786. The van der Waals surface area contributed by atoms with E-state index in [2.05, 4.69) is 27.2 Å². The van der Waals surface area contributed by atoms with E-state index in [0.717, 1.165) is 11.3 Å². The van der Waals surface area contributed by atoms with E-state index in [-0.39, 0.29) is 5.91 Å². The summed E-state index contributed by atoms with van der Waals surface area (Å²) >= 11 is 0. The summed E-state index contributed by atoms with van der Waals surface area (Å²) in [4.78, 5) is 20.1. The predicted molar refractivity (Wildman–Crippen MR) is 78.3 cm³/mol. The van der Waals surface area contributed by atoms with Crippen LogP contribution in [0.4, 0.5) is 5.69 Å². The Bertz CT molecular complexity index is 583. The van der Waals surface area contributed by atoms with Crippen LogP contribution in [-0.2, 0) is 6.54 Å². The molecule has 0 bridgehead atoms. The number of pyridine rings is 2. The molecule has 2 aromatic heterocycles. The molecule has 0 atom stereocenters. The summed E-state index contributed by atoms with van der Waals surface area (Å²) in [6, 6.07) is 7.26. The molecule has 2 aromatic rings. The van der Waals surface area contributed by atoms with Gasteiger partial charge in [0.25, 0.3) is 5.91 Å². The number of nitrogens with one attached hydrogen (secondary N) is 2. The summed E-state index contributed by atoms with van der Waals surface area (Å²) in [5.74, 6) is -0.212. The van der Waals surface area contributed by atoms with Gasteiger partial charge in [-0.25, -0.2) is 0 Å². The van der Waals surface area contributed by atoms with Gasteiger partial charge in [0.05, 0.1) is 0 Å². The van der Waals surface area contributed by atoms with E-state index in [0.29, 0.717) is 18.8 Å². The molecule has 5 heteroatoms. The van der Waals surface area contributed by atoms with Gasteiger partial charge in [-0.3, -0.25) is 14.8 Å². The largest absolute Gasteiger partial charge is 0.381 e. The Kier molecular flexibility index (Phi) is 4.83. The van der Waals surface area contributed by atoms with Crippen molar-refractivity contribution in [1.29, 1.82) is 0 Å². The smallest absolute Gasteiger partial charge is 0.270 e. The third kappa shape index (κ3) is 3.91. The lowest BCUT2D eigenvalue weighted by molar-refractivity contribution is 0.0946. The van der Waals surface area contributed by atoms with Crippen LogP contribution < -0.4 is 10.6 Å². The van der Waals surface area contributed by atoms with Gasteiger partial charge in [0.2, 0.25) is 0 Å². The average molecular weight is 268 g/mol. The molecule has 0 saturated carbocycles. The van der Waals surface area contributed by atoms with E-state index >= 15 is 0 Å². The van der Waals surface area contributed by atoms with Crippen molar-refractivity contribution in [2.45, 2.75) is 6.54 Å². The first-order chi connectivity index (χ1) is 9.79. The SMILES string of the molecule is C=CCNc1ccnc(C(=O)NCc2cccnc2)c1. The van der Waals surface area contributed by atoms with Gasteiger partial charge in [-0.05, 0) is 23.8 Å². The molecule has 0 aliphatic heterocycles. The van der Waals surface area contributed by atoms with Gasteiger partial charge in [0.1, 0.15) is 5.69 Å². The minimum atomic E-state index is -0.212. The van der Waals surface area contributed by atoms with E-state index in [4.69, 9.17) is 0 Å². The molecule has 2 heterocycles. The molecule has 20 heavy (non-hydrogen) atoms. The Balaban J connectivity index is 1.96. The Morgan fingerprint density at radius 2 is 2.25 bits per heavy atom. The van der Waals surface area contributed by atoms with Crippen molar-refractivity contribution in [2.24, 2.45) is 0 Å². The maximum absolute atomic E-state index is 12.0. The molecule has 5 nitrogen and oxygen atoms in total. The predicted octanol–water partition coefficient (Wildman–Crippen LogP) is 2.00. The van der Waals surface area contributed by atoms with E-state index in [1.807, 2.05) is 12.1 Å². The minimum absolute atomic E-state index is 0.212. The van der Waals surface area contributed by atoms with Crippen molar-refractivity contribution < 1.29 is 4.79 Å². The fourth-order valence-corrected chi connectivity index (χ4v) is 1.63. The maximum atomic E-state index is 12.0. The van der Waals surface area contributed by atoms with Gasteiger partial charge >= 0.3 is 0 Å². The van der Waals surface area contributed by atoms with Gasteiger partial charge in [0, 0.05) is 37.4 Å². The average Bonchev–Trinajstić information content (AvgIpc) is 2.52. The van der Waals surface area contributed by atoms with Gasteiger partial charge in [-0.15, -0.1) is 6.58 Å². The van der Waals surface area contributed by atoms with Crippen LogP contribution in [0.1, 0.15) is 16.1 Å². The second kappa shape index (κ2) is 7.04. The van der Waals surface area contributed by atoms with Gasteiger partial charge in [-0.1, -0.05) is 12.1 Å². The fraction of sp³-hybridized carbons (Fsp3) is 0.133. The zero-order chi connectivity index (χ0) is 14.2. The van der Waals surface area contributed by atoms with Crippen molar-refractivity contribution >= 4 is 11.6 Å². The monoisotopic (exact) mass is 268 g/mol. The van der Waals surface area contributed by atoms with E-state index < -0.39 is 0 Å². The molecule has 0 fully saturated rings. The highest BCUT2D eigenvalue weighted by Gasteiger charge is 2.07. The van der Waals surface area contributed by atoms with Crippen molar-refractivity contribution in [3.8, 4) is 0 Å². The molecular formula is C15H16N4O. The van der Waals surface area contributed by atoms with Crippen molar-refractivity contribution in [2.75, 3.05) is 11.9 Å². The van der Waals surface area contributed by atoms with Crippen LogP contribution in [0.2, 0.25) is 0 Å². The Hall–Kier alpha value is -2.69. The summed E-state index contributed by atoms with van der Waals surface area (Å²) in [6.45, 7) is 4.70. The van der Waals surface area contributed by atoms with Crippen LogP contribution in [0.15, 0.2) is 55.5 Å². The lowest BCUT2D eigenvalue weighted by Gasteiger charge is -2.07. The number of nitrogens with zero attached hydrogens (tertiary/aromatic N) is 2. The first kappa shape index (κ1) is 13.7. The van der Waals surface area contributed by atoms with Gasteiger partial charge in [-0.2, -0.15) is 0 Å². The molecule has 2 N–H and O–H groups in total. The molecule has 0 spiro atoms. The maximum Gasteiger partial charge on any atom is 0.270 e. The lowest BCUT2D eigenvalue weighted by atomic mass is 10.2. The second-order valence-corrected chi connectivity index (χ2v) is 4.14. The van der Waals surface area contributed by atoms with Crippen molar-refractivity contribution in [3.63, 3.8) is 0 Å². The second-order valence-electron chi connectivity index (χ2n) is 4.14. The Morgan fingerprint density at radius 3 is 3.00 bits per heavy atom. The standard InChI is InChI=1S/C15H16N4O/c1-2-6-17-13-5-8-18-14(9-13)15(20)19-11-12-4-3-7-16-10-12/h2-5,7-10H,1,6,11H2,(H,17,18)(H,19,20). The van der Waals surface area contributed by atoms with Crippen LogP contribution in [0.25, 0.3) is 0 Å². The van der Waals surface area contributed by atoms with E-state index in [1.54, 1.807) is 36.8 Å². The first-order valence-electron chi connectivity index (χ1n) is 6.27. The summed E-state index contributed by atoms with van der Waals surface area (Å²) in [5.41, 5.74) is 2.16. The molecule has 2 rings (SSSR count). The fourth-order valence-electron chi connectivity index (χ4n) is 1.63. The molecular weight excluding hydrogens is 252 g/mol. The number of hydrogen-bond donors (Lipinski definition) is 2. The summed E-state index contributed by atoms with van der Waals surface area (Å²) in [6.07, 6.45) is 6.77. The number of anilines is 1. The van der Waals surface area contributed by atoms with Crippen LogP contribution in [0.5, 0.6) is 0 Å².